The second-order valence-electron chi connectivity index (χ2n) is 6.90. The summed E-state index contributed by atoms with van der Waals surface area (Å²) in [5.41, 5.74) is 5.47. The molecule has 3 rings (SSSR count). The van der Waals surface area contributed by atoms with E-state index in [2.05, 4.69) is 11.1 Å². The monoisotopic (exact) mass is 349 g/mol. The van der Waals surface area contributed by atoms with Crippen LogP contribution in [-0.4, -0.2) is 17.4 Å². The van der Waals surface area contributed by atoms with Gasteiger partial charge in [-0.05, 0) is 62.3 Å². The molecule has 1 amide bonds. The second-order valence-corrected chi connectivity index (χ2v) is 6.90. The Labute approximate surface area is 153 Å². The van der Waals surface area contributed by atoms with Crippen LogP contribution in [0.2, 0.25) is 0 Å². The predicted molar refractivity (Wildman–Crippen MR) is 101 cm³/mol. The Bertz CT molecular complexity index is 966. The largest absolute Gasteiger partial charge is 0.325 e. The zero-order chi connectivity index (χ0) is 18.8. The minimum atomic E-state index is -0.363. The maximum Gasteiger partial charge on any atom is 0.266 e. The Morgan fingerprint density at radius 2 is 2.08 bits per heavy atom. The highest BCUT2D eigenvalue weighted by molar-refractivity contribution is 5.95. The van der Waals surface area contributed by atoms with Gasteiger partial charge < -0.3 is 9.88 Å². The van der Waals surface area contributed by atoms with E-state index in [1.807, 2.05) is 36.9 Å². The van der Waals surface area contributed by atoms with Gasteiger partial charge in [-0.2, -0.15) is 5.26 Å². The number of H-pyrrole nitrogens is 1. The standard InChI is InChI=1S/C21H23N3O2/c1-13-6-4-7-16-8-5-11-24(20(13)16)19(25)10-9-17-14(2)18(12-22)21(26)23-15(17)3/h4,6-7H,5,8-11H2,1-3H3,(H,23,26). The van der Waals surface area contributed by atoms with E-state index in [1.54, 1.807) is 6.92 Å². The molecule has 5 heteroatoms. The van der Waals surface area contributed by atoms with Gasteiger partial charge in [-0.15, -0.1) is 0 Å². The number of pyridine rings is 1. The molecule has 2 heterocycles. The number of nitriles is 1. The first kappa shape index (κ1) is 17.9. The number of carbonyl (C=O) groups excluding carboxylic acids is 1. The number of aromatic amines is 1. The van der Waals surface area contributed by atoms with Gasteiger partial charge in [0.05, 0.1) is 0 Å². The highest BCUT2D eigenvalue weighted by atomic mass is 16.2. The first-order chi connectivity index (χ1) is 12.4. The van der Waals surface area contributed by atoms with Crippen LogP contribution in [0.5, 0.6) is 0 Å². The Morgan fingerprint density at radius 3 is 2.81 bits per heavy atom. The van der Waals surface area contributed by atoms with Crippen molar-refractivity contribution >= 4 is 11.6 Å². The van der Waals surface area contributed by atoms with E-state index in [4.69, 9.17) is 0 Å². The minimum absolute atomic E-state index is 0.0868. The zero-order valence-corrected chi connectivity index (χ0v) is 15.5. The lowest BCUT2D eigenvalue weighted by atomic mass is 9.96. The molecule has 2 aromatic rings. The summed E-state index contributed by atoms with van der Waals surface area (Å²) in [4.78, 5) is 29.4. The number of amides is 1. The van der Waals surface area contributed by atoms with Crippen LogP contribution in [0.25, 0.3) is 0 Å². The van der Waals surface area contributed by atoms with Gasteiger partial charge in [-0.25, -0.2) is 0 Å². The average molecular weight is 349 g/mol. The Balaban J connectivity index is 1.84. The Hall–Kier alpha value is -2.87. The molecule has 1 aromatic heterocycles. The first-order valence-corrected chi connectivity index (χ1v) is 8.95. The van der Waals surface area contributed by atoms with Crippen LogP contribution in [0.1, 0.15) is 46.4 Å². The summed E-state index contributed by atoms with van der Waals surface area (Å²) in [6.45, 7) is 6.38. The Morgan fingerprint density at radius 1 is 1.31 bits per heavy atom. The Kier molecular flexibility index (Phi) is 4.94. The second kappa shape index (κ2) is 7.17. The molecule has 0 aliphatic carbocycles. The highest BCUT2D eigenvalue weighted by Crippen LogP contribution is 2.31. The fourth-order valence-corrected chi connectivity index (χ4v) is 3.88. The van der Waals surface area contributed by atoms with Gasteiger partial charge in [0.25, 0.3) is 5.56 Å². The summed E-state index contributed by atoms with van der Waals surface area (Å²) in [6, 6.07) is 8.14. The molecule has 5 nitrogen and oxygen atoms in total. The van der Waals surface area contributed by atoms with E-state index >= 15 is 0 Å². The maximum atomic E-state index is 12.9. The SMILES string of the molecule is Cc1cccc2c1N(C(=O)CCc1c(C)[nH]c(=O)c(C#N)c1C)CCC2. The van der Waals surface area contributed by atoms with E-state index in [-0.39, 0.29) is 17.0 Å². The van der Waals surface area contributed by atoms with Crippen LogP contribution >= 0.6 is 0 Å². The van der Waals surface area contributed by atoms with Gasteiger partial charge in [-0.1, -0.05) is 18.2 Å². The molecule has 0 spiro atoms. The van der Waals surface area contributed by atoms with Crippen molar-refractivity contribution in [3.63, 3.8) is 0 Å². The molecule has 0 fully saturated rings. The number of anilines is 1. The number of para-hydroxylation sites is 1. The van der Waals surface area contributed by atoms with Crippen molar-refractivity contribution in [2.75, 3.05) is 11.4 Å². The summed E-state index contributed by atoms with van der Waals surface area (Å²) >= 11 is 0. The minimum Gasteiger partial charge on any atom is -0.325 e. The van der Waals surface area contributed by atoms with E-state index < -0.39 is 0 Å². The van der Waals surface area contributed by atoms with Crippen LogP contribution in [0, 0.1) is 32.1 Å². The van der Waals surface area contributed by atoms with Gasteiger partial charge in [0, 0.05) is 24.3 Å². The number of hydrogen-bond donors (Lipinski definition) is 1. The lowest BCUT2D eigenvalue weighted by Crippen LogP contribution is -2.36. The molecule has 0 saturated heterocycles. The van der Waals surface area contributed by atoms with Crippen molar-refractivity contribution in [3.05, 3.63) is 62.1 Å². The number of rotatable bonds is 3. The van der Waals surface area contributed by atoms with Crippen LogP contribution in [-0.2, 0) is 17.6 Å². The molecule has 0 unspecified atom stereocenters. The topological polar surface area (TPSA) is 77.0 Å². The van der Waals surface area contributed by atoms with Crippen LogP contribution in [0.4, 0.5) is 5.69 Å². The fourth-order valence-electron chi connectivity index (χ4n) is 3.88. The molecule has 26 heavy (non-hydrogen) atoms. The number of aryl methyl sites for hydroxylation is 3. The molecule has 1 N–H and O–H groups in total. The van der Waals surface area contributed by atoms with Crippen molar-refractivity contribution in [3.8, 4) is 6.07 Å². The number of nitrogens with one attached hydrogen (secondary N) is 1. The maximum absolute atomic E-state index is 12.9. The summed E-state index contributed by atoms with van der Waals surface area (Å²) in [7, 11) is 0. The van der Waals surface area contributed by atoms with Crippen molar-refractivity contribution in [1.82, 2.24) is 4.98 Å². The van der Waals surface area contributed by atoms with Gasteiger partial charge in [0.15, 0.2) is 0 Å². The molecule has 1 aromatic carbocycles. The molecule has 0 saturated carbocycles. The third-order valence-corrected chi connectivity index (χ3v) is 5.23. The lowest BCUT2D eigenvalue weighted by Gasteiger charge is -2.31. The zero-order valence-electron chi connectivity index (χ0n) is 15.5. The van der Waals surface area contributed by atoms with E-state index in [1.165, 1.54) is 5.56 Å². The molecule has 1 aliphatic heterocycles. The number of carbonyl (C=O) groups is 1. The third kappa shape index (κ3) is 3.15. The summed E-state index contributed by atoms with van der Waals surface area (Å²) in [5, 5.41) is 9.19. The van der Waals surface area contributed by atoms with Crippen LogP contribution < -0.4 is 10.5 Å². The first-order valence-electron chi connectivity index (χ1n) is 8.95. The van der Waals surface area contributed by atoms with E-state index in [0.29, 0.717) is 18.4 Å². The molecule has 0 bridgehead atoms. The highest BCUT2D eigenvalue weighted by Gasteiger charge is 2.24. The summed E-state index contributed by atoms with van der Waals surface area (Å²) in [6.07, 6.45) is 2.84. The van der Waals surface area contributed by atoms with Crippen molar-refractivity contribution in [2.45, 2.75) is 46.5 Å². The van der Waals surface area contributed by atoms with Gasteiger partial charge in [0.1, 0.15) is 11.6 Å². The number of hydrogen-bond acceptors (Lipinski definition) is 3. The molecule has 134 valence electrons. The number of aromatic nitrogens is 1. The van der Waals surface area contributed by atoms with Crippen LogP contribution in [0.15, 0.2) is 23.0 Å². The molecule has 0 atom stereocenters. The normalized spacial score (nSPS) is 13.2. The number of benzene rings is 1. The quantitative estimate of drug-likeness (QED) is 0.925. The molecular formula is C21H23N3O2. The smallest absolute Gasteiger partial charge is 0.266 e. The van der Waals surface area contributed by atoms with Crippen LogP contribution in [0.3, 0.4) is 0 Å². The van der Waals surface area contributed by atoms with E-state index in [0.717, 1.165) is 41.9 Å². The van der Waals surface area contributed by atoms with E-state index in [9.17, 15) is 14.9 Å². The molecule has 0 radical (unpaired) electrons. The number of fused-ring (bicyclic) bond motifs is 1. The summed E-state index contributed by atoms with van der Waals surface area (Å²) < 4.78 is 0. The fraction of sp³-hybridized carbons (Fsp3) is 0.381. The van der Waals surface area contributed by atoms with Gasteiger partial charge in [0.2, 0.25) is 5.91 Å². The number of nitrogens with zero attached hydrogens (tertiary/aromatic N) is 2. The summed E-state index contributed by atoms with van der Waals surface area (Å²) in [5.74, 6) is 0.0868. The molecular weight excluding hydrogens is 326 g/mol. The van der Waals surface area contributed by atoms with Crippen molar-refractivity contribution in [2.24, 2.45) is 0 Å². The molecule has 1 aliphatic rings. The van der Waals surface area contributed by atoms with Crippen molar-refractivity contribution < 1.29 is 4.79 Å². The van der Waals surface area contributed by atoms with Crippen molar-refractivity contribution in [1.29, 1.82) is 5.26 Å². The average Bonchev–Trinajstić information content (AvgIpc) is 2.61. The van der Waals surface area contributed by atoms with Gasteiger partial charge in [-0.3, -0.25) is 9.59 Å². The predicted octanol–water partition coefficient (Wildman–Crippen LogP) is 3.08. The van der Waals surface area contributed by atoms with Gasteiger partial charge >= 0.3 is 0 Å². The lowest BCUT2D eigenvalue weighted by molar-refractivity contribution is -0.118. The third-order valence-electron chi connectivity index (χ3n) is 5.23.